The molecule has 0 bridgehead atoms. The molecule has 0 saturated heterocycles. The third kappa shape index (κ3) is 4.81. The van der Waals surface area contributed by atoms with E-state index in [9.17, 15) is 13.2 Å². The van der Waals surface area contributed by atoms with Gasteiger partial charge in [0.05, 0.1) is 23.2 Å². The van der Waals surface area contributed by atoms with E-state index < -0.39 is 10.0 Å². The number of hydrogen-bond donors (Lipinski definition) is 2. The summed E-state index contributed by atoms with van der Waals surface area (Å²) in [7, 11) is -2.10. The molecule has 0 radical (unpaired) electrons. The summed E-state index contributed by atoms with van der Waals surface area (Å²) in [5.41, 5.74) is 2.37. The predicted octanol–water partition coefficient (Wildman–Crippen LogP) is 1.77. The van der Waals surface area contributed by atoms with Crippen LogP contribution < -0.4 is 10.0 Å². The number of carbonyl (C=O) groups is 1. The van der Waals surface area contributed by atoms with Crippen LogP contribution in [-0.4, -0.2) is 31.2 Å². The Morgan fingerprint density at radius 3 is 2.41 bits per heavy atom. The summed E-state index contributed by atoms with van der Waals surface area (Å²) >= 11 is 0. The molecule has 3 rings (SSSR count). The summed E-state index contributed by atoms with van der Waals surface area (Å²) in [6.45, 7) is 0.887. The zero-order chi connectivity index (χ0) is 19.3. The molecule has 0 aliphatic heterocycles. The van der Waals surface area contributed by atoms with Crippen molar-refractivity contribution in [2.45, 2.75) is 18.0 Å². The van der Waals surface area contributed by atoms with Gasteiger partial charge in [-0.3, -0.25) is 9.48 Å². The van der Waals surface area contributed by atoms with Crippen molar-refractivity contribution in [2.75, 3.05) is 7.05 Å². The zero-order valence-corrected chi connectivity index (χ0v) is 15.6. The third-order valence-corrected chi connectivity index (χ3v) is 5.47. The van der Waals surface area contributed by atoms with Crippen molar-refractivity contribution in [1.29, 1.82) is 0 Å². The number of carbonyl (C=O) groups excluding carboxylic acids is 1. The van der Waals surface area contributed by atoms with Gasteiger partial charge in [-0.15, -0.1) is 0 Å². The van der Waals surface area contributed by atoms with E-state index >= 15 is 0 Å². The van der Waals surface area contributed by atoms with Crippen LogP contribution in [0.4, 0.5) is 0 Å². The molecule has 1 heterocycles. The van der Waals surface area contributed by atoms with E-state index in [2.05, 4.69) is 15.1 Å². The van der Waals surface area contributed by atoms with Crippen molar-refractivity contribution >= 4 is 15.9 Å². The summed E-state index contributed by atoms with van der Waals surface area (Å²) in [5, 5.41) is 7.03. The minimum absolute atomic E-state index is 0.183. The monoisotopic (exact) mass is 384 g/mol. The minimum Gasteiger partial charge on any atom is -0.348 e. The minimum atomic E-state index is -3.46. The van der Waals surface area contributed by atoms with Gasteiger partial charge in [-0.05, 0) is 30.3 Å². The molecule has 0 aliphatic rings. The van der Waals surface area contributed by atoms with Gasteiger partial charge in [0, 0.05) is 12.7 Å². The lowest BCUT2D eigenvalue weighted by Gasteiger charge is -2.06. The molecule has 2 N–H and O–H groups in total. The van der Waals surface area contributed by atoms with E-state index in [4.69, 9.17) is 0 Å². The average molecular weight is 384 g/mol. The Labute approximate surface area is 158 Å². The first-order chi connectivity index (χ1) is 13.0. The van der Waals surface area contributed by atoms with Gasteiger partial charge in [0.25, 0.3) is 5.91 Å². The van der Waals surface area contributed by atoms with Gasteiger partial charge in [-0.25, -0.2) is 13.1 Å². The number of rotatable bonds is 7. The SMILES string of the molecule is CNS(=O)(=O)c1ccc(CNC(=O)c2cnn(Cc3ccccc3)c2)cc1. The summed E-state index contributed by atoms with van der Waals surface area (Å²) < 4.78 is 27.4. The second kappa shape index (κ2) is 8.15. The molecule has 0 unspecified atom stereocenters. The molecule has 1 amide bonds. The lowest BCUT2D eigenvalue weighted by Crippen LogP contribution is -2.22. The van der Waals surface area contributed by atoms with E-state index in [0.29, 0.717) is 18.7 Å². The van der Waals surface area contributed by atoms with E-state index in [1.165, 1.54) is 25.4 Å². The third-order valence-electron chi connectivity index (χ3n) is 4.04. The van der Waals surface area contributed by atoms with Crippen molar-refractivity contribution in [2.24, 2.45) is 0 Å². The molecule has 0 saturated carbocycles. The highest BCUT2D eigenvalue weighted by atomic mass is 32.2. The number of hydrogen-bond acceptors (Lipinski definition) is 4. The molecular formula is C19H20N4O3S. The Morgan fingerprint density at radius 2 is 1.74 bits per heavy atom. The molecule has 0 atom stereocenters. The molecule has 3 aromatic rings. The largest absolute Gasteiger partial charge is 0.348 e. The van der Waals surface area contributed by atoms with Crippen LogP contribution in [0.5, 0.6) is 0 Å². The van der Waals surface area contributed by atoms with E-state index in [1.807, 2.05) is 30.3 Å². The highest BCUT2D eigenvalue weighted by Crippen LogP contribution is 2.10. The first kappa shape index (κ1) is 18.8. The number of sulfonamides is 1. The molecule has 0 aliphatic carbocycles. The van der Waals surface area contributed by atoms with Crippen LogP contribution in [-0.2, 0) is 23.1 Å². The second-order valence-corrected chi connectivity index (χ2v) is 7.83. The Morgan fingerprint density at radius 1 is 1.04 bits per heavy atom. The van der Waals surface area contributed by atoms with E-state index in [-0.39, 0.29) is 10.8 Å². The van der Waals surface area contributed by atoms with Crippen molar-refractivity contribution in [3.8, 4) is 0 Å². The van der Waals surface area contributed by atoms with Gasteiger partial charge in [-0.2, -0.15) is 5.10 Å². The smallest absolute Gasteiger partial charge is 0.254 e. The van der Waals surface area contributed by atoms with Crippen LogP contribution in [0.15, 0.2) is 71.9 Å². The van der Waals surface area contributed by atoms with Crippen LogP contribution in [0, 0.1) is 0 Å². The quantitative estimate of drug-likeness (QED) is 0.649. The van der Waals surface area contributed by atoms with E-state index in [1.54, 1.807) is 23.0 Å². The normalized spacial score (nSPS) is 11.3. The van der Waals surface area contributed by atoms with Crippen LogP contribution in [0.1, 0.15) is 21.5 Å². The molecular weight excluding hydrogens is 364 g/mol. The van der Waals surface area contributed by atoms with Crippen molar-refractivity contribution < 1.29 is 13.2 Å². The van der Waals surface area contributed by atoms with Gasteiger partial charge in [0.15, 0.2) is 0 Å². The van der Waals surface area contributed by atoms with Crippen molar-refractivity contribution in [3.63, 3.8) is 0 Å². The molecule has 8 heteroatoms. The number of aromatic nitrogens is 2. The number of amides is 1. The Kier molecular flexibility index (Phi) is 5.68. The predicted molar refractivity (Wildman–Crippen MR) is 102 cm³/mol. The first-order valence-electron chi connectivity index (χ1n) is 8.35. The maximum absolute atomic E-state index is 12.3. The zero-order valence-electron chi connectivity index (χ0n) is 14.8. The lowest BCUT2D eigenvalue weighted by molar-refractivity contribution is 0.0951. The van der Waals surface area contributed by atoms with Crippen molar-refractivity contribution in [3.05, 3.63) is 83.7 Å². The molecule has 2 aromatic carbocycles. The maximum Gasteiger partial charge on any atom is 0.254 e. The summed E-state index contributed by atoms with van der Waals surface area (Å²) in [4.78, 5) is 12.5. The molecule has 1 aromatic heterocycles. The fourth-order valence-corrected chi connectivity index (χ4v) is 3.26. The fraction of sp³-hybridized carbons (Fsp3) is 0.158. The van der Waals surface area contributed by atoms with Crippen LogP contribution in [0.2, 0.25) is 0 Å². The summed E-state index contributed by atoms with van der Waals surface area (Å²) in [6, 6.07) is 16.2. The summed E-state index contributed by atoms with van der Waals surface area (Å²) in [5.74, 6) is -0.235. The lowest BCUT2D eigenvalue weighted by atomic mass is 10.2. The maximum atomic E-state index is 12.3. The molecule has 0 fully saturated rings. The van der Waals surface area contributed by atoms with Gasteiger partial charge < -0.3 is 5.32 Å². The van der Waals surface area contributed by atoms with Gasteiger partial charge in [-0.1, -0.05) is 42.5 Å². The first-order valence-corrected chi connectivity index (χ1v) is 9.83. The average Bonchev–Trinajstić information content (AvgIpc) is 3.16. The van der Waals surface area contributed by atoms with Crippen LogP contribution in [0.25, 0.3) is 0 Å². The number of benzene rings is 2. The van der Waals surface area contributed by atoms with Crippen LogP contribution in [0.3, 0.4) is 0 Å². The molecule has 140 valence electrons. The Bertz CT molecular complexity index is 1010. The van der Waals surface area contributed by atoms with Gasteiger partial charge in [0.1, 0.15) is 0 Å². The second-order valence-electron chi connectivity index (χ2n) is 5.95. The highest BCUT2D eigenvalue weighted by Gasteiger charge is 2.11. The van der Waals surface area contributed by atoms with Gasteiger partial charge >= 0.3 is 0 Å². The van der Waals surface area contributed by atoms with Gasteiger partial charge in [0.2, 0.25) is 10.0 Å². The Hall–Kier alpha value is -2.97. The topological polar surface area (TPSA) is 93.1 Å². The highest BCUT2D eigenvalue weighted by molar-refractivity contribution is 7.89. The van der Waals surface area contributed by atoms with Crippen molar-refractivity contribution in [1.82, 2.24) is 19.8 Å². The number of nitrogens with one attached hydrogen (secondary N) is 2. The molecule has 7 nitrogen and oxygen atoms in total. The Balaban J connectivity index is 1.58. The fourth-order valence-electron chi connectivity index (χ4n) is 2.53. The summed E-state index contributed by atoms with van der Waals surface area (Å²) in [6.07, 6.45) is 3.23. The molecule has 27 heavy (non-hydrogen) atoms. The van der Waals surface area contributed by atoms with Crippen LogP contribution >= 0.6 is 0 Å². The number of nitrogens with zero attached hydrogens (tertiary/aromatic N) is 2. The molecule has 0 spiro atoms. The van der Waals surface area contributed by atoms with E-state index in [0.717, 1.165) is 11.1 Å². The standard InChI is InChI=1S/C19H20N4O3S/c1-20-27(25,26)18-9-7-15(8-10-18)11-21-19(24)17-12-22-23(14-17)13-16-5-3-2-4-6-16/h2-10,12,14,20H,11,13H2,1H3,(H,21,24).